The third kappa shape index (κ3) is 1.11. The van der Waals surface area contributed by atoms with Gasteiger partial charge in [-0.25, -0.2) is 8.78 Å². The molecule has 1 fully saturated rings. The van der Waals surface area contributed by atoms with Crippen LogP contribution in [0.15, 0.2) is 24.4 Å². The van der Waals surface area contributed by atoms with Crippen molar-refractivity contribution in [3.63, 3.8) is 0 Å². The zero-order chi connectivity index (χ0) is 7.90. The minimum atomic E-state index is -2.49. The van der Waals surface area contributed by atoms with E-state index in [1.807, 2.05) is 0 Å². The number of alkyl halides is 2. The molecule has 1 aromatic rings. The molecule has 0 aliphatic heterocycles. The van der Waals surface area contributed by atoms with Gasteiger partial charge < -0.3 is 0 Å². The lowest BCUT2D eigenvalue weighted by molar-refractivity contribution is 0.111. The first-order chi connectivity index (χ1) is 5.20. The summed E-state index contributed by atoms with van der Waals surface area (Å²) in [7, 11) is 0. The molecule has 1 aliphatic rings. The molecule has 1 nitrogen and oxygen atoms in total. The summed E-state index contributed by atoms with van der Waals surface area (Å²) in [6.45, 7) is 0. The molecule has 0 aromatic carbocycles. The van der Waals surface area contributed by atoms with Gasteiger partial charge in [-0.05, 0) is 12.1 Å². The van der Waals surface area contributed by atoms with Crippen LogP contribution in [-0.4, -0.2) is 10.9 Å². The van der Waals surface area contributed by atoms with Gasteiger partial charge in [-0.2, -0.15) is 0 Å². The van der Waals surface area contributed by atoms with Crippen LogP contribution in [0.4, 0.5) is 8.78 Å². The SMILES string of the molecule is FC1(F)CC1c1ccccn1. The molecule has 1 aliphatic carbocycles. The largest absolute Gasteiger partial charge is 0.261 e. The molecule has 0 saturated heterocycles. The van der Waals surface area contributed by atoms with Crippen molar-refractivity contribution in [1.29, 1.82) is 0 Å². The van der Waals surface area contributed by atoms with Crippen molar-refractivity contribution in [3.05, 3.63) is 30.1 Å². The molecule has 1 atom stereocenters. The summed E-state index contributed by atoms with van der Waals surface area (Å²) in [5.74, 6) is -3.11. The molecule has 2 rings (SSSR count). The fourth-order valence-corrected chi connectivity index (χ4v) is 1.12. The Morgan fingerprint density at radius 3 is 2.64 bits per heavy atom. The second kappa shape index (κ2) is 2.00. The molecule has 11 heavy (non-hydrogen) atoms. The number of aromatic nitrogens is 1. The van der Waals surface area contributed by atoms with Crippen LogP contribution >= 0.6 is 0 Å². The first-order valence-electron chi connectivity index (χ1n) is 3.49. The normalized spacial score (nSPS) is 26.5. The van der Waals surface area contributed by atoms with Gasteiger partial charge in [-0.1, -0.05) is 6.07 Å². The van der Waals surface area contributed by atoms with Gasteiger partial charge in [0.2, 0.25) is 0 Å². The smallest absolute Gasteiger partial charge is 0.257 e. The third-order valence-electron chi connectivity index (χ3n) is 1.87. The summed E-state index contributed by atoms with van der Waals surface area (Å²) < 4.78 is 24.9. The fourth-order valence-electron chi connectivity index (χ4n) is 1.12. The Kier molecular flexibility index (Phi) is 1.22. The van der Waals surface area contributed by atoms with Crippen LogP contribution in [-0.2, 0) is 0 Å². The molecule has 1 aromatic heterocycles. The van der Waals surface area contributed by atoms with E-state index in [9.17, 15) is 8.78 Å². The van der Waals surface area contributed by atoms with Crippen molar-refractivity contribution < 1.29 is 8.78 Å². The number of pyridine rings is 1. The molecule has 0 bridgehead atoms. The zero-order valence-corrected chi connectivity index (χ0v) is 5.80. The average molecular weight is 155 g/mol. The summed E-state index contributed by atoms with van der Waals surface area (Å²) >= 11 is 0. The molecular weight excluding hydrogens is 148 g/mol. The molecule has 3 heteroatoms. The van der Waals surface area contributed by atoms with Crippen LogP contribution < -0.4 is 0 Å². The molecule has 0 spiro atoms. The predicted octanol–water partition coefficient (Wildman–Crippen LogP) is 2.20. The van der Waals surface area contributed by atoms with Crippen molar-refractivity contribution in [1.82, 2.24) is 4.98 Å². The van der Waals surface area contributed by atoms with E-state index >= 15 is 0 Å². The monoisotopic (exact) mass is 155 g/mol. The molecule has 1 heterocycles. The lowest BCUT2D eigenvalue weighted by Gasteiger charge is -1.95. The Morgan fingerprint density at radius 2 is 2.18 bits per heavy atom. The van der Waals surface area contributed by atoms with Crippen LogP contribution in [0.25, 0.3) is 0 Å². The van der Waals surface area contributed by atoms with E-state index in [-0.39, 0.29) is 6.42 Å². The summed E-state index contributed by atoms with van der Waals surface area (Å²) in [4.78, 5) is 3.86. The summed E-state index contributed by atoms with van der Waals surface area (Å²) in [6, 6.07) is 5.10. The number of nitrogens with zero attached hydrogens (tertiary/aromatic N) is 1. The third-order valence-corrected chi connectivity index (χ3v) is 1.87. The quantitative estimate of drug-likeness (QED) is 0.605. The minimum absolute atomic E-state index is 0.0377. The first kappa shape index (κ1) is 6.70. The maximum Gasteiger partial charge on any atom is 0.257 e. The van der Waals surface area contributed by atoms with Crippen molar-refractivity contribution in [3.8, 4) is 0 Å². The van der Waals surface area contributed by atoms with Gasteiger partial charge in [-0.15, -0.1) is 0 Å². The van der Waals surface area contributed by atoms with Crippen LogP contribution in [0.2, 0.25) is 0 Å². The molecule has 0 amide bonds. The van der Waals surface area contributed by atoms with Crippen molar-refractivity contribution in [2.24, 2.45) is 0 Å². The second-order valence-corrected chi connectivity index (χ2v) is 2.77. The summed E-state index contributed by atoms with van der Waals surface area (Å²) in [5.41, 5.74) is 0.512. The van der Waals surface area contributed by atoms with Crippen LogP contribution in [0, 0.1) is 0 Å². The highest BCUT2D eigenvalue weighted by molar-refractivity contribution is 5.21. The fraction of sp³-hybridized carbons (Fsp3) is 0.375. The van der Waals surface area contributed by atoms with Gasteiger partial charge in [0.25, 0.3) is 5.92 Å². The van der Waals surface area contributed by atoms with Gasteiger partial charge in [0.05, 0.1) is 5.92 Å². The summed E-state index contributed by atoms with van der Waals surface area (Å²) in [5, 5.41) is 0. The van der Waals surface area contributed by atoms with Crippen molar-refractivity contribution in [2.45, 2.75) is 18.3 Å². The predicted molar refractivity (Wildman–Crippen MR) is 36.5 cm³/mol. The van der Waals surface area contributed by atoms with Crippen LogP contribution in [0.3, 0.4) is 0 Å². The lowest BCUT2D eigenvalue weighted by atomic mass is 10.2. The Hall–Kier alpha value is -0.990. The maximum absolute atomic E-state index is 12.4. The average Bonchev–Trinajstić information content (AvgIpc) is 2.62. The first-order valence-corrected chi connectivity index (χ1v) is 3.49. The zero-order valence-electron chi connectivity index (χ0n) is 5.80. The molecule has 0 radical (unpaired) electrons. The van der Waals surface area contributed by atoms with Crippen molar-refractivity contribution >= 4 is 0 Å². The van der Waals surface area contributed by atoms with Crippen LogP contribution in [0.5, 0.6) is 0 Å². The van der Waals surface area contributed by atoms with E-state index in [4.69, 9.17) is 0 Å². The molecule has 1 saturated carbocycles. The molecule has 1 unspecified atom stereocenters. The van der Waals surface area contributed by atoms with Gasteiger partial charge in [0.1, 0.15) is 0 Å². The summed E-state index contributed by atoms with van der Waals surface area (Å²) in [6.07, 6.45) is 1.51. The van der Waals surface area contributed by atoms with Crippen molar-refractivity contribution in [2.75, 3.05) is 0 Å². The van der Waals surface area contributed by atoms with Gasteiger partial charge in [0.15, 0.2) is 0 Å². The Balaban J connectivity index is 2.21. The van der Waals surface area contributed by atoms with Gasteiger partial charge in [-0.3, -0.25) is 4.98 Å². The molecule has 58 valence electrons. The topological polar surface area (TPSA) is 12.9 Å². The Labute approximate surface area is 63.1 Å². The maximum atomic E-state index is 12.4. The number of hydrogen-bond acceptors (Lipinski definition) is 1. The van der Waals surface area contributed by atoms with Crippen LogP contribution in [0.1, 0.15) is 18.0 Å². The highest BCUT2D eigenvalue weighted by Gasteiger charge is 2.58. The lowest BCUT2D eigenvalue weighted by Crippen LogP contribution is -1.94. The molecular formula is C8H7F2N. The Morgan fingerprint density at radius 1 is 1.45 bits per heavy atom. The number of rotatable bonds is 1. The van der Waals surface area contributed by atoms with E-state index in [2.05, 4.69) is 4.98 Å². The van der Waals surface area contributed by atoms with E-state index in [0.717, 1.165) is 0 Å². The Bertz CT molecular complexity index is 258. The van der Waals surface area contributed by atoms with Gasteiger partial charge >= 0.3 is 0 Å². The number of hydrogen-bond donors (Lipinski definition) is 0. The van der Waals surface area contributed by atoms with E-state index in [1.165, 1.54) is 0 Å². The molecule has 0 N–H and O–H groups in total. The van der Waals surface area contributed by atoms with E-state index < -0.39 is 11.8 Å². The second-order valence-electron chi connectivity index (χ2n) is 2.77. The standard InChI is InChI=1S/C8H7F2N/c9-8(10)5-6(8)7-3-1-2-4-11-7/h1-4,6H,5H2. The van der Waals surface area contributed by atoms with E-state index in [1.54, 1.807) is 24.4 Å². The minimum Gasteiger partial charge on any atom is -0.261 e. The number of halogens is 2. The highest BCUT2D eigenvalue weighted by atomic mass is 19.3. The van der Waals surface area contributed by atoms with Gasteiger partial charge in [0, 0.05) is 18.3 Å². The van der Waals surface area contributed by atoms with E-state index in [0.29, 0.717) is 5.69 Å². The highest BCUT2D eigenvalue weighted by Crippen LogP contribution is 2.54.